The van der Waals surface area contributed by atoms with Gasteiger partial charge in [-0.05, 0) is 41.1 Å². The Morgan fingerprint density at radius 1 is 1.25 bits per heavy atom. The Morgan fingerprint density at radius 3 is 2.75 bits per heavy atom. The van der Waals surface area contributed by atoms with Gasteiger partial charge in [0.15, 0.2) is 0 Å². The molecule has 5 heteroatoms. The summed E-state index contributed by atoms with van der Waals surface area (Å²) in [6.45, 7) is 1.90. The van der Waals surface area contributed by atoms with Crippen LogP contribution in [0, 0.1) is 5.82 Å². The van der Waals surface area contributed by atoms with E-state index in [4.69, 9.17) is 9.94 Å². The first-order valence-electron chi connectivity index (χ1n) is 5.97. The Bertz CT molecular complexity index is 644. The van der Waals surface area contributed by atoms with Gasteiger partial charge >= 0.3 is 0 Å². The molecule has 20 heavy (non-hydrogen) atoms. The van der Waals surface area contributed by atoms with Crippen molar-refractivity contribution in [2.45, 2.75) is 13.5 Å². The fraction of sp³-hybridized carbons (Fsp3) is 0.133. The van der Waals surface area contributed by atoms with Crippen LogP contribution in [0.5, 0.6) is 5.75 Å². The van der Waals surface area contributed by atoms with Crippen LogP contribution in [-0.4, -0.2) is 10.9 Å². The van der Waals surface area contributed by atoms with E-state index in [1.165, 1.54) is 6.07 Å². The van der Waals surface area contributed by atoms with Gasteiger partial charge in [0.25, 0.3) is 0 Å². The molecule has 0 spiro atoms. The van der Waals surface area contributed by atoms with Crippen LogP contribution in [-0.2, 0) is 6.61 Å². The Balaban J connectivity index is 2.21. The standard InChI is InChI=1S/C15H13BrFNO2/c1-10(18-19)12-6-2-3-8-14(12)20-9-11-5-4-7-13(17)15(11)16/h2-8,19H,9H2,1H3/b18-10-. The lowest BCUT2D eigenvalue weighted by molar-refractivity contribution is 0.302. The van der Waals surface area contributed by atoms with Crippen molar-refractivity contribution in [1.82, 2.24) is 0 Å². The topological polar surface area (TPSA) is 41.8 Å². The summed E-state index contributed by atoms with van der Waals surface area (Å²) < 4.78 is 19.5. The van der Waals surface area contributed by atoms with Gasteiger partial charge < -0.3 is 9.94 Å². The molecule has 2 rings (SSSR count). The third-order valence-corrected chi connectivity index (χ3v) is 3.73. The molecule has 2 aromatic carbocycles. The van der Waals surface area contributed by atoms with Crippen molar-refractivity contribution < 1.29 is 14.3 Å². The zero-order valence-electron chi connectivity index (χ0n) is 10.8. The predicted molar refractivity (Wildman–Crippen MR) is 78.9 cm³/mol. The predicted octanol–water partition coefficient (Wildman–Crippen LogP) is 4.37. The van der Waals surface area contributed by atoms with Crippen LogP contribution in [0.1, 0.15) is 18.1 Å². The lowest BCUT2D eigenvalue weighted by atomic mass is 10.1. The highest BCUT2D eigenvalue weighted by Crippen LogP contribution is 2.24. The Morgan fingerprint density at radius 2 is 2.00 bits per heavy atom. The third kappa shape index (κ3) is 3.17. The Kier molecular flexibility index (Phi) is 4.74. The molecule has 0 aliphatic rings. The number of rotatable bonds is 4. The molecule has 0 saturated carbocycles. The van der Waals surface area contributed by atoms with Crippen LogP contribution in [0.25, 0.3) is 0 Å². The zero-order chi connectivity index (χ0) is 14.5. The molecule has 0 unspecified atom stereocenters. The van der Waals surface area contributed by atoms with Gasteiger partial charge in [0, 0.05) is 11.1 Å². The summed E-state index contributed by atoms with van der Waals surface area (Å²) in [5.41, 5.74) is 1.86. The van der Waals surface area contributed by atoms with Crippen molar-refractivity contribution >= 4 is 21.6 Å². The molecule has 0 amide bonds. The molecule has 0 bridgehead atoms. The maximum absolute atomic E-state index is 13.4. The van der Waals surface area contributed by atoms with Gasteiger partial charge in [-0.3, -0.25) is 0 Å². The number of ether oxygens (including phenoxy) is 1. The minimum absolute atomic E-state index is 0.216. The van der Waals surface area contributed by atoms with Crippen molar-refractivity contribution in [3.8, 4) is 5.75 Å². The first kappa shape index (κ1) is 14.5. The van der Waals surface area contributed by atoms with Crippen molar-refractivity contribution in [3.05, 3.63) is 63.9 Å². The molecule has 3 nitrogen and oxygen atoms in total. The van der Waals surface area contributed by atoms with Gasteiger partial charge in [0.1, 0.15) is 18.2 Å². The van der Waals surface area contributed by atoms with E-state index in [0.29, 0.717) is 27.1 Å². The molecule has 0 heterocycles. The zero-order valence-corrected chi connectivity index (χ0v) is 12.4. The second kappa shape index (κ2) is 6.52. The summed E-state index contributed by atoms with van der Waals surface area (Å²) in [6, 6.07) is 12.0. The molecule has 0 aliphatic carbocycles. The van der Waals surface area contributed by atoms with Crippen LogP contribution >= 0.6 is 15.9 Å². The second-order valence-electron chi connectivity index (χ2n) is 4.18. The first-order valence-corrected chi connectivity index (χ1v) is 6.76. The molecule has 1 N–H and O–H groups in total. The second-order valence-corrected chi connectivity index (χ2v) is 4.98. The first-order chi connectivity index (χ1) is 9.63. The number of oxime groups is 1. The number of hydrogen-bond acceptors (Lipinski definition) is 3. The Hall–Kier alpha value is -1.88. The van der Waals surface area contributed by atoms with Crippen molar-refractivity contribution in [3.63, 3.8) is 0 Å². The number of hydrogen-bond donors (Lipinski definition) is 1. The maximum atomic E-state index is 13.4. The highest BCUT2D eigenvalue weighted by Gasteiger charge is 2.09. The van der Waals surface area contributed by atoms with E-state index in [1.54, 1.807) is 31.2 Å². The fourth-order valence-electron chi connectivity index (χ4n) is 1.76. The number of halogens is 2. The molecule has 0 saturated heterocycles. The molecule has 0 atom stereocenters. The van der Waals surface area contributed by atoms with Crippen molar-refractivity contribution in [2.24, 2.45) is 5.16 Å². The number of benzene rings is 2. The quantitative estimate of drug-likeness (QED) is 0.511. The van der Waals surface area contributed by atoms with Crippen LogP contribution < -0.4 is 4.74 Å². The molecule has 0 aliphatic heterocycles. The van der Waals surface area contributed by atoms with E-state index in [2.05, 4.69) is 21.1 Å². The number of para-hydroxylation sites is 1. The SMILES string of the molecule is C/C(=N/O)c1ccccc1OCc1cccc(F)c1Br. The van der Waals surface area contributed by atoms with Gasteiger partial charge in [-0.15, -0.1) is 0 Å². The van der Waals surface area contributed by atoms with Gasteiger partial charge in [0.2, 0.25) is 0 Å². The van der Waals surface area contributed by atoms with E-state index < -0.39 is 0 Å². The molecular formula is C15H13BrFNO2. The van der Waals surface area contributed by atoms with Crippen LogP contribution in [0.3, 0.4) is 0 Å². The smallest absolute Gasteiger partial charge is 0.137 e. The highest BCUT2D eigenvalue weighted by atomic mass is 79.9. The summed E-state index contributed by atoms with van der Waals surface area (Å²) >= 11 is 3.20. The summed E-state index contributed by atoms with van der Waals surface area (Å²) in [5, 5.41) is 12.0. The van der Waals surface area contributed by atoms with E-state index in [-0.39, 0.29) is 12.4 Å². The van der Waals surface area contributed by atoms with Crippen LogP contribution in [0.4, 0.5) is 4.39 Å². The monoisotopic (exact) mass is 337 g/mol. The van der Waals surface area contributed by atoms with Gasteiger partial charge in [-0.25, -0.2) is 4.39 Å². The molecular weight excluding hydrogens is 325 g/mol. The van der Waals surface area contributed by atoms with E-state index in [1.807, 2.05) is 12.1 Å². The van der Waals surface area contributed by atoms with Crippen LogP contribution in [0.15, 0.2) is 52.1 Å². The van der Waals surface area contributed by atoms with Crippen molar-refractivity contribution in [1.29, 1.82) is 0 Å². The molecule has 2 aromatic rings. The fourth-order valence-corrected chi connectivity index (χ4v) is 2.14. The Labute approximate surface area is 124 Å². The summed E-state index contributed by atoms with van der Waals surface area (Å²) in [7, 11) is 0. The minimum atomic E-state index is -0.326. The lowest BCUT2D eigenvalue weighted by Gasteiger charge is -2.11. The van der Waals surface area contributed by atoms with Crippen molar-refractivity contribution in [2.75, 3.05) is 0 Å². The lowest BCUT2D eigenvalue weighted by Crippen LogP contribution is -2.03. The number of nitrogens with zero attached hydrogens (tertiary/aromatic N) is 1. The van der Waals surface area contributed by atoms with E-state index in [0.717, 1.165) is 0 Å². The minimum Gasteiger partial charge on any atom is -0.488 e. The average Bonchev–Trinajstić information content (AvgIpc) is 2.48. The summed E-state index contributed by atoms with van der Waals surface area (Å²) in [5.74, 6) is 0.256. The molecule has 0 aromatic heterocycles. The summed E-state index contributed by atoms with van der Waals surface area (Å²) in [6.07, 6.45) is 0. The normalized spacial score (nSPS) is 11.4. The average molecular weight is 338 g/mol. The van der Waals surface area contributed by atoms with Crippen LogP contribution in [0.2, 0.25) is 0 Å². The molecule has 0 radical (unpaired) electrons. The molecule has 0 fully saturated rings. The van der Waals surface area contributed by atoms with Gasteiger partial charge in [-0.2, -0.15) is 0 Å². The van der Waals surface area contributed by atoms with Gasteiger partial charge in [-0.1, -0.05) is 29.4 Å². The molecule has 104 valence electrons. The largest absolute Gasteiger partial charge is 0.488 e. The maximum Gasteiger partial charge on any atom is 0.137 e. The van der Waals surface area contributed by atoms with Gasteiger partial charge in [0.05, 0.1) is 10.2 Å². The highest BCUT2D eigenvalue weighted by molar-refractivity contribution is 9.10. The van der Waals surface area contributed by atoms with E-state index >= 15 is 0 Å². The third-order valence-electron chi connectivity index (χ3n) is 2.84. The summed E-state index contributed by atoms with van der Waals surface area (Å²) in [4.78, 5) is 0. The van der Waals surface area contributed by atoms with E-state index in [9.17, 15) is 4.39 Å².